The molecule has 0 aromatic carbocycles. The van der Waals surface area contributed by atoms with Crippen LogP contribution in [0.3, 0.4) is 0 Å². The van der Waals surface area contributed by atoms with E-state index < -0.39 is 0 Å². The van der Waals surface area contributed by atoms with Gasteiger partial charge in [0.25, 0.3) is 0 Å². The summed E-state index contributed by atoms with van der Waals surface area (Å²) in [5.74, 6) is 0.601. The van der Waals surface area contributed by atoms with Crippen molar-refractivity contribution in [3.05, 3.63) is 12.3 Å². The Labute approximate surface area is 82.0 Å². The van der Waals surface area contributed by atoms with E-state index in [1.165, 1.54) is 0 Å². The van der Waals surface area contributed by atoms with E-state index in [1.54, 1.807) is 6.07 Å². The predicted molar refractivity (Wildman–Crippen MR) is 51.0 cm³/mol. The number of amides is 1. The molecule has 2 heterocycles. The van der Waals surface area contributed by atoms with Crippen LogP contribution in [0, 0.1) is 0 Å². The fourth-order valence-electron chi connectivity index (χ4n) is 1.22. The summed E-state index contributed by atoms with van der Waals surface area (Å²) < 4.78 is 6.88. The van der Waals surface area contributed by atoms with Gasteiger partial charge in [-0.1, -0.05) is 6.92 Å². The molecule has 14 heavy (non-hydrogen) atoms. The van der Waals surface area contributed by atoms with Crippen molar-refractivity contribution < 1.29 is 9.53 Å². The highest BCUT2D eigenvalue weighted by atomic mass is 16.5. The number of ether oxygens (including phenoxy) is 1. The van der Waals surface area contributed by atoms with Crippen molar-refractivity contribution in [3.63, 3.8) is 0 Å². The van der Waals surface area contributed by atoms with Crippen LogP contribution < -0.4 is 5.32 Å². The average molecular weight is 195 g/mol. The van der Waals surface area contributed by atoms with Crippen LogP contribution in [0.2, 0.25) is 0 Å². The molecule has 0 bridgehead atoms. The Hall–Kier alpha value is -1.36. The molecule has 1 amide bonds. The van der Waals surface area contributed by atoms with Gasteiger partial charge in [-0.05, 0) is 0 Å². The van der Waals surface area contributed by atoms with Crippen molar-refractivity contribution in [1.82, 2.24) is 9.78 Å². The summed E-state index contributed by atoms with van der Waals surface area (Å²) in [6, 6.07) is 2.13. The molecule has 5 nitrogen and oxygen atoms in total. The molecule has 1 aromatic heterocycles. The Morgan fingerprint density at radius 1 is 1.79 bits per heavy atom. The smallest absolute Gasteiger partial charge is 0.225 e. The highest BCUT2D eigenvalue weighted by molar-refractivity contribution is 5.89. The third-order valence-corrected chi connectivity index (χ3v) is 2.19. The number of carbonyl (C=O) groups is 1. The minimum atomic E-state index is -0.0138. The molecule has 0 atom stereocenters. The van der Waals surface area contributed by atoms with Gasteiger partial charge in [-0.15, -0.1) is 0 Å². The van der Waals surface area contributed by atoms with Gasteiger partial charge in [-0.3, -0.25) is 9.48 Å². The number of nitrogens with one attached hydrogen (secondary N) is 1. The molecule has 0 unspecified atom stereocenters. The third kappa shape index (κ3) is 1.77. The van der Waals surface area contributed by atoms with E-state index in [-0.39, 0.29) is 5.91 Å². The Kier molecular flexibility index (Phi) is 2.49. The zero-order valence-electron chi connectivity index (χ0n) is 8.06. The second-order valence-corrected chi connectivity index (χ2v) is 3.27. The Balaban J connectivity index is 1.98. The number of anilines is 1. The maximum atomic E-state index is 11.1. The summed E-state index contributed by atoms with van der Waals surface area (Å²) in [6.07, 6.45) is 2.33. The molecule has 2 rings (SSSR count). The fraction of sp³-hybridized carbons (Fsp3) is 0.556. The molecule has 1 N–H and O–H groups in total. The SMILES string of the molecule is CCC(=O)Nc1ccn(C2COC2)n1. The van der Waals surface area contributed by atoms with Crippen LogP contribution in [0.5, 0.6) is 0 Å². The Morgan fingerprint density at radius 3 is 3.14 bits per heavy atom. The molecular formula is C9H13N3O2. The number of carbonyl (C=O) groups excluding carboxylic acids is 1. The quantitative estimate of drug-likeness (QED) is 0.776. The first kappa shape index (κ1) is 9.21. The minimum absolute atomic E-state index is 0.0138. The first-order valence-corrected chi connectivity index (χ1v) is 4.72. The average Bonchev–Trinajstić information content (AvgIpc) is 2.50. The van der Waals surface area contributed by atoms with Crippen LogP contribution >= 0.6 is 0 Å². The molecule has 5 heteroatoms. The molecule has 1 aromatic rings. The standard InChI is InChI=1S/C9H13N3O2/c1-2-9(13)10-8-3-4-12(11-8)7-5-14-6-7/h3-4,7H,2,5-6H2,1H3,(H,10,11,13). The maximum Gasteiger partial charge on any atom is 0.225 e. The molecule has 0 spiro atoms. The van der Waals surface area contributed by atoms with Gasteiger partial charge in [0.1, 0.15) is 0 Å². The van der Waals surface area contributed by atoms with E-state index in [0.29, 0.717) is 31.5 Å². The summed E-state index contributed by atoms with van der Waals surface area (Å²) in [4.78, 5) is 11.1. The van der Waals surface area contributed by atoms with E-state index in [0.717, 1.165) is 0 Å². The first-order chi connectivity index (χ1) is 6.79. The molecule has 1 aliphatic rings. The lowest BCUT2D eigenvalue weighted by molar-refractivity contribution is -0.115. The lowest BCUT2D eigenvalue weighted by atomic mass is 10.3. The van der Waals surface area contributed by atoms with Crippen molar-refractivity contribution in [2.24, 2.45) is 0 Å². The number of aromatic nitrogens is 2. The van der Waals surface area contributed by atoms with Crippen LogP contribution in [-0.2, 0) is 9.53 Å². The topological polar surface area (TPSA) is 56.2 Å². The molecule has 0 aliphatic carbocycles. The zero-order valence-corrected chi connectivity index (χ0v) is 8.06. The molecule has 0 saturated carbocycles. The molecular weight excluding hydrogens is 182 g/mol. The lowest BCUT2D eigenvalue weighted by Crippen LogP contribution is -2.31. The predicted octanol–water partition coefficient (Wildman–Crippen LogP) is 0.803. The van der Waals surface area contributed by atoms with Gasteiger partial charge in [0.05, 0.1) is 19.3 Å². The van der Waals surface area contributed by atoms with Crippen molar-refractivity contribution in [3.8, 4) is 0 Å². The third-order valence-electron chi connectivity index (χ3n) is 2.19. The van der Waals surface area contributed by atoms with E-state index in [9.17, 15) is 4.79 Å². The number of hydrogen-bond acceptors (Lipinski definition) is 3. The van der Waals surface area contributed by atoms with Gasteiger partial charge in [-0.2, -0.15) is 5.10 Å². The van der Waals surface area contributed by atoms with Crippen LogP contribution in [0.1, 0.15) is 19.4 Å². The largest absolute Gasteiger partial charge is 0.377 e. The van der Waals surface area contributed by atoms with Gasteiger partial charge in [0, 0.05) is 18.7 Å². The van der Waals surface area contributed by atoms with Gasteiger partial charge in [0.15, 0.2) is 5.82 Å². The summed E-state index contributed by atoms with van der Waals surface area (Å²) >= 11 is 0. The van der Waals surface area contributed by atoms with Crippen LogP contribution in [0.4, 0.5) is 5.82 Å². The van der Waals surface area contributed by atoms with E-state index in [1.807, 2.05) is 17.8 Å². The summed E-state index contributed by atoms with van der Waals surface area (Å²) in [7, 11) is 0. The van der Waals surface area contributed by atoms with Crippen LogP contribution in [-0.4, -0.2) is 28.9 Å². The Bertz CT molecular complexity index is 331. The maximum absolute atomic E-state index is 11.1. The second kappa shape index (κ2) is 3.79. The van der Waals surface area contributed by atoms with Crippen molar-refractivity contribution in [2.75, 3.05) is 18.5 Å². The highest BCUT2D eigenvalue weighted by Gasteiger charge is 2.21. The van der Waals surface area contributed by atoms with Crippen molar-refractivity contribution >= 4 is 11.7 Å². The molecule has 1 saturated heterocycles. The first-order valence-electron chi connectivity index (χ1n) is 4.72. The van der Waals surface area contributed by atoms with Crippen LogP contribution in [0.25, 0.3) is 0 Å². The Morgan fingerprint density at radius 2 is 2.57 bits per heavy atom. The molecule has 0 radical (unpaired) electrons. The number of rotatable bonds is 3. The number of hydrogen-bond donors (Lipinski definition) is 1. The normalized spacial score (nSPS) is 16.4. The van der Waals surface area contributed by atoms with Gasteiger partial charge >= 0.3 is 0 Å². The monoisotopic (exact) mass is 195 g/mol. The highest BCUT2D eigenvalue weighted by Crippen LogP contribution is 2.17. The van der Waals surface area contributed by atoms with E-state index in [4.69, 9.17) is 4.74 Å². The minimum Gasteiger partial charge on any atom is -0.377 e. The van der Waals surface area contributed by atoms with Gasteiger partial charge < -0.3 is 10.1 Å². The van der Waals surface area contributed by atoms with Gasteiger partial charge in [-0.25, -0.2) is 0 Å². The van der Waals surface area contributed by atoms with Gasteiger partial charge in [0.2, 0.25) is 5.91 Å². The van der Waals surface area contributed by atoms with E-state index in [2.05, 4.69) is 10.4 Å². The van der Waals surface area contributed by atoms with Crippen molar-refractivity contribution in [2.45, 2.75) is 19.4 Å². The van der Waals surface area contributed by atoms with Crippen LogP contribution in [0.15, 0.2) is 12.3 Å². The van der Waals surface area contributed by atoms with E-state index >= 15 is 0 Å². The number of nitrogens with zero attached hydrogens (tertiary/aromatic N) is 2. The molecule has 1 fully saturated rings. The molecule has 76 valence electrons. The second-order valence-electron chi connectivity index (χ2n) is 3.27. The summed E-state index contributed by atoms with van der Waals surface area (Å²) in [5, 5.41) is 6.93. The summed E-state index contributed by atoms with van der Waals surface area (Å²) in [6.45, 7) is 3.23. The zero-order chi connectivity index (χ0) is 9.97. The molecule has 1 aliphatic heterocycles. The van der Waals surface area contributed by atoms with Crippen molar-refractivity contribution in [1.29, 1.82) is 0 Å². The summed E-state index contributed by atoms with van der Waals surface area (Å²) in [5.41, 5.74) is 0. The lowest BCUT2D eigenvalue weighted by Gasteiger charge is -2.25. The fourth-order valence-corrected chi connectivity index (χ4v) is 1.22.